The number of allylic oxidation sites excluding steroid dienone is 1. The van der Waals surface area contributed by atoms with Crippen LogP contribution in [-0.2, 0) is 6.42 Å². The van der Waals surface area contributed by atoms with Crippen molar-refractivity contribution < 1.29 is 0 Å². The summed E-state index contributed by atoms with van der Waals surface area (Å²) in [6, 6.07) is 72.0. The molecule has 10 aromatic carbocycles. The summed E-state index contributed by atoms with van der Waals surface area (Å²) in [6.07, 6.45) is 6.82. The Hall–Kier alpha value is -7.06. The molecule has 0 radical (unpaired) electrons. The van der Waals surface area contributed by atoms with Crippen LogP contribution in [0.4, 0.5) is 0 Å². The third-order valence-corrected chi connectivity index (χ3v) is 13.7. The molecule has 12 rings (SSSR count). The molecule has 0 atom stereocenters. The quantitative estimate of drug-likeness (QED) is 0.153. The fourth-order valence-corrected chi connectivity index (χ4v) is 11.3. The van der Waals surface area contributed by atoms with Gasteiger partial charge >= 0.3 is 0 Å². The molecule has 1 heterocycles. The summed E-state index contributed by atoms with van der Waals surface area (Å²) in [4.78, 5) is 0. The lowest BCUT2D eigenvalue weighted by molar-refractivity contribution is 0.992. The van der Waals surface area contributed by atoms with Crippen molar-refractivity contribution in [2.75, 3.05) is 0 Å². The van der Waals surface area contributed by atoms with E-state index in [0.717, 1.165) is 12.8 Å². The van der Waals surface area contributed by atoms with Crippen molar-refractivity contribution in [2.24, 2.45) is 0 Å². The molecule has 1 heteroatoms. The van der Waals surface area contributed by atoms with Gasteiger partial charge < -0.3 is 0 Å². The van der Waals surface area contributed by atoms with Crippen LogP contribution in [0, 0.1) is 0 Å². The molecule has 0 saturated carbocycles. The van der Waals surface area contributed by atoms with Gasteiger partial charge in [-0.15, -0.1) is 11.3 Å². The van der Waals surface area contributed by atoms with Crippen LogP contribution in [0.3, 0.4) is 0 Å². The number of hydrogen-bond acceptors (Lipinski definition) is 1. The third-order valence-electron chi connectivity index (χ3n) is 12.5. The largest absolute Gasteiger partial charge is 0.135 e. The molecule has 0 spiro atoms. The normalized spacial score (nSPS) is 12.5. The van der Waals surface area contributed by atoms with Crippen molar-refractivity contribution in [3.05, 3.63) is 211 Å². The highest BCUT2D eigenvalue weighted by molar-refractivity contribution is 7.26. The van der Waals surface area contributed by atoms with Crippen LogP contribution in [0.5, 0.6) is 0 Å². The Bertz CT molecular complexity index is 3420. The van der Waals surface area contributed by atoms with Gasteiger partial charge in [0.15, 0.2) is 0 Å². The molecule has 276 valence electrons. The second-order valence-corrected chi connectivity index (χ2v) is 16.8. The molecule has 59 heavy (non-hydrogen) atoms. The van der Waals surface area contributed by atoms with Crippen LogP contribution in [0.25, 0.3) is 114 Å². The molecule has 0 saturated heterocycles. The van der Waals surface area contributed by atoms with E-state index >= 15 is 0 Å². The minimum Gasteiger partial charge on any atom is -0.135 e. The minimum atomic E-state index is 1.02. The molecule has 0 amide bonds. The Morgan fingerprint density at radius 2 is 0.864 bits per heavy atom. The highest BCUT2D eigenvalue weighted by Crippen LogP contribution is 2.52. The lowest BCUT2D eigenvalue weighted by Crippen LogP contribution is -2.02. The first kappa shape index (κ1) is 34.0. The molecule has 0 nitrogen and oxygen atoms in total. The maximum Gasteiger partial charge on any atom is 0.0434 e. The van der Waals surface area contributed by atoms with Gasteiger partial charge in [0.25, 0.3) is 0 Å². The summed E-state index contributed by atoms with van der Waals surface area (Å²) in [5, 5.41) is 10.4. The number of rotatable bonds is 5. The minimum absolute atomic E-state index is 1.02. The summed E-state index contributed by atoms with van der Waals surface area (Å²) in [5.74, 6) is 0. The van der Waals surface area contributed by atoms with Crippen LogP contribution in [0.1, 0.15) is 17.5 Å². The second kappa shape index (κ2) is 13.8. The van der Waals surface area contributed by atoms with E-state index in [-0.39, 0.29) is 0 Å². The van der Waals surface area contributed by atoms with Gasteiger partial charge in [-0.05, 0) is 118 Å². The zero-order chi connectivity index (χ0) is 38.9. The van der Waals surface area contributed by atoms with E-state index < -0.39 is 0 Å². The van der Waals surface area contributed by atoms with Crippen molar-refractivity contribution in [3.63, 3.8) is 0 Å². The molecule has 11 aromatic rings. The predicted octanol–water partition coefficient (Wildman–Crippen LogP) is 16.8. The maximum absolute atomic E-state index is 2.39. The Labute approximate surface area is 348 Å². The second-order valence-electron chi connectivity index (χ2n) is 15.7. The maximum atomic E-state index is 2.39. The van der Waals surface area contributed by atoms with Gasteiger partial charge in [0, 0.05) is 25.7 Å². The van der Waals surface area contributed by atoms with Gasteiger partial charge in [0.1, 0.15) is 0 Å². The van der Waals surface area contributed by atoms with E-state index in [1.807, 2.05) is 11.3 Å². The average molecular weight is 767 g/mol. The Balaban J connectivity index is 1.13. The van der Waals surface area contributed by atoms with Crippen molar-refractivity contribution in [3.8, 4) is 55.6 Å². The number of benzene rings is 10. The standard InChI is InChI=1S/C58H38S/c1-3-18-37(19-4-1)39-22-15-23-40(36-39)54-43-26-9-13-30-47(43)56(48-31-14-10-27-44(48)54)50-33-16-34-51-57-49(32-17-35-52(57)59-58(50)51)55-45-28-11-7-24-41(45)53(38-20-5-2-6-21-38)42-25-8-12-29-46(42)55/h1-11,13-28,30-36H,12,29H2. The van der Waals surface area contributed by atoms with Gasteiger partial charge in [-0.25, -0.2) is 0 Å². The summed E-state index contributed by atoms with van der Waals surface area (Å²) in [5.41, 5.74) is 15.7. The van der Waals surface area contributed by atoms with Gasteiger partial charge in [0.05, 0.1) is 0 Å². The molecule has 0 N–H and O–H groups in total. The zero-order valence-corrected chi connectivity index (χ0v) is 33.3. The van der Waals surface area contributed by atoms with Crippen LogP contribution < -0.4 is 0 Å². The SMILES string of the molecule is C1=Cc2c(c(-c3cccc4sc5c(-c6c7ccccc7c(-c7cccc(-c8ccccc8)c7)c7ccccc67)cccc5c34)c3ccccc3c2-c2ccccc2)CC1. The van der Waals surface area contributed by atoms with Crippen molar-refractivity contribution in [1.82, 2.24) is 0 Å². The lowest BCUT2D eigenvalue weighted by atomic mass is 9.79. The summed E-state index contributed by atoms with van der Waals surface area (Å²) in [6.45, 7) is 0. The molecule has 0 fully saturated rings. The first-order valence-electron chi connectivity index (χ1n) is 20.7. The van der Waals surface area contributed by atoms with Crippen LogP contribution in [0.2, 0.25) is 0 Å². The molecule has 0 unspecified atom stereocenters. The molecule has 1 aromatic heterocycles. The zero-order valence-electron chi connectivity index (χ0n) is 32.5. The predicted molar refractivity (Wildman–Crippen MR) is 256 cm³/mol. The van der Waals surface area contributed by atoms with Gasteiger partial charge in [-0.1, -0.05) is 194 Å². The fraction of sp³-hybridized carbons (Fsp3) is 0.0345. The molecular weight excluding hydrogens is 729 g/mol. The number of fused-ring (bicyclic) bond motifs is 7. The smallest absolute Gasteiger partial charge is 0.0434 e. The van der Waals surface area contributed by atoms with E-state index in [1.54, 1.807) is 0 Å². The lowest BCUT2D eigenvalue weighted by Gasteiger charge is -2.24. The van der Waals surface area contributed by atoms with Gasteiger partial charge in [-0.3, -0.25) is 0 Å². The van der Waals surface area contributed by atoms with Crippen LogP contribution in [0.15, 0.2) is 200 Å². The fourth-order valence-electron chi connectivity index (χ4n) is 10.1. The van der Waals surface area contributed by atoms with Gasteiger partial charge in [-0.2, -0.15) is 0 Å². The van der Waals surface area contributed by atoms with Crippen molar-refractivity contribution in [1.29, 1.82) is 0 Å². The molecule has 0 bridgehead atoms. The Morgan fingerprint density at radius 3 is 1.56 bits per heavy atom. The average Bonchev–Trinajstić information content (AvgIpc) is 3.70. The van der Waals surface area contributed by atoms with Crippen molar-refractivity contribution >= 4 is 69.9 Å². The summed E-state index contributed by atoms with van der Waals surface area (Å²) < 4.78 is 2.66. The number of thiophene rings is 1. The van der Waals surface area contributed by atoms with E-state index in [1.165, 1.54) is 119 Å². The van der Waals surface area contributed by atoms with E-state index in [0.29, 0.717) is 0 Å². The number of hydrogen-bond donors (Lipinski definition) is 0. The summed E-state index contributed by atoms with van der Waals surface area (Å²) in [7, 11) is 0. The molecule has 0 aliphatic heterocycles. The molecular formula is C58H38S. The topological polar surface area (TPSA) is 0 Å². The Kier molecular flexibility index (Phi) is 7.96. The highest BCUT2D eigenvalue weighted by Gasteiger charge is 2.25. The highest BCUT2D eigenvalue weighted by atomic mass is 32.1. The van der Waals surface area contributed by atoms with Crippen LogP contribution in [-0.4, -0.2) is 0 Å². The van der Waals surface area contributed by atoms with E-state index in [9.17, 15) is 0 Å². The monoisotopic (exact) mass is 766 g/mol. The van der Waals surface area contributed by atoms with E-state index in [4.69, 9.17) is 0 Å². The van der Waals surface area contributed by atoms with Crippen molar-refractivity contribution in [2.45, 2.75) is 12.8 Å². The Morgan fingerprint density at radius 1 is 0.356 bits per heavy atom. The van der Waals surface area contributed by atoms with Crippen LogP contribution >= 0.6 is 11.3 Å². The first-order valence-corrected chi connectivity index (χ1v) is 21.5. The summed E-state index contributed by atoms with van der Waals surface area (Å²) >= 11 is 1.94. The van der Waals surface area contributed by atoms with Gasteiger partial charge in [0.2, 0.25) is 0 Å². The third kappa shape index (κ3) is 5.36. The molecule has 1 aliphatic carbocycles. The molecule has 1 aliphatic rings. The van der Waals surface area contributed by atoms with E-state index in [2.05, 4.69) is 206 Å². The first-order chi connectivity index (χ1) is 29.3.